The third kappa shape index (κ3) is 5.34. The molecule has 3 atom stereocenters. The summed E-state index contributed by atoms with van der Waals surface area (Å²) in [4.78, 5) is 23.8. The van der Waals surface area contributed by atoms with Crippen molar-refractivity contribution in [3.05, 3.63) is 70.4 Å². The molecule has 0 saturated carbocycles. The summed E-state index contributed by atoms with van der Waals surface area (Å²) in [6.45, 7) is 3.35. The smallest absolute Gasteiger partial charge is 0.274 e. The SMILES string of the molecule is COCc1cc(F)c(-c2nc(C(=O)Nc3cnc4c(c3N3CC(C)CC(N)C3)CCC4O)ccc2F)c(F)c1. The summed E-state index contributed by atoms with van der Waals surface area (Å²) in [5.41, 5.74) is 7.54. The molecule has 3 heterocycles. The van der Waals surface area contributed by atoms with E-state index in [1.54, 1.807) is 0 Å². The van der Waals surface area contributed by atoms with Crippen molar-refractivity contribution in [1.29, 1.82) is 0 Å². The number of pyridine rings is 2. The molecule has 0 spiro atoms. The number of nitrogens with one attached hydrogen (secondary N) is 1. The monoisotopic (exact) mass is 541 g/mol. The van der Waals surface area contributed by atoms with Crippen molar-refractivity contribution < 1.29 is 27.8 Å². The summed E-state index contributed by atoms with van der Waals surface area (Å²) < 4.78 is 49.3. The van der Waals surface area contributed by atoms with E-state index in [9.17, 15) is 23.1 Å². The number of anilines is 2. The van der Waals surface area contributed by atoms with E-state index in [4.69, 9.17) is 10.5 Å². The van der Waals surface area contributed by atoms with Gasteiger partial charge in [-0.05, 0) is 55.0 Å². The highest BCUT2D eigenvalue weighted by atomic mass is 19.1. The molecular weight excluding hydrogens is 511 g/mol. The number of fused-ring (bicyclic) bond motifs is 1. The van der Waals surface area contributed by atoms with Gasteiger partial charge in [-0.2, -0.15) is 0 Å². The Labute approximate surface area is 224 Å². The number of aromatic nitrogens is 2. The molecule has 1 fully saturated rings. The number of rotatable bonds is 6. The number of halogens is 3. The van der Waals surface area contributed by atoms with Gasteiger partial charge in [0.15, 0.2) is 0 Å². The Morgan fingerprint density at radius 2 is 1.95 bits per heavy atom. The Morgan fingerprint density at radius 3 is 2.64 bits per heavy atom. The second kappa shape index (κ2) is 10.9. The minimum atomic E-state index is -1.02. The first-order valence-corrected chi connectivity index (χ1v) is 12.8. The van der Waals surface area contributed by atoms with Gasteiger partial charge >= 0.3 is 0 Å². The number of carbonyl (C=O) groups excluding carboxylic acids is 1. The van der Waals surface area contributed by atoms with Crippen LogP contribution in [0.2, 0.25) is 0 Å². The topological polar surface area (TPSA) is 114 Å². The van der Waals surface area contributed by atoms with Gasteiger partial charge in [0.05, 0.1) is 41.5 Å². The van der Waals surface area contributed by atoms with E-state index in [0.717, 1.165) is 41.9 Å². The highest BCUT2D eigenvalue weighted by molar-refractivity contribution is 6.05. The zero-order valence-electron chi connectivity index (χ0n) is 21.7. The first-order chi connectivity index (χ1) is 18.7. The van der Waals surface area contributed by atoms with Crippen molar-refractivity contribution in [3.63, 3.8) is 0 Å². The summed E-state index contributed by atoms with van der Waals surface area (Å²) in [5, 5.41) is 13.2. The van der Waals surface area contributed by atoms with Crippen molar-refractivity contribution in [2.24, 2.45) is 11.7 Å². The highest BCUT2D eigenvalue weighted by Crippen LogP contribution is 2.41. The van der Waals surface area contributed by atoms with Crippen molar-refractivity contribution >= 4 is 17.3 Å². The molecule has 0 radical (unpaired) electrons. The van der Waals surface area contributed by atoms with Gasteiger partial charge in [0.25, 0.3) is 5.91 Å². The molecule has 1 amide bonds. The van der Waals surface area contributed by atoms with Gasteiger partial charge in [0.1, 0.15) is 28.8 Å². The average Bonchev–Trinajstić information content (AvgIpc) is 3.24. The summed E-state index contributed by atoms with van der Waals surface area (Å²) in [6.07, 6.45) is 2.75. The van der Waals surface area contributed by atoms with Crippen LogP contribution in [0, 0.1) is 23.4 Å². The number of methoxy groups -OCH3 is 1. The van der Waals surface area contributed by atoms with Gasteiger partial charge in [-0.1, -0.05) is 6.92 Å². The van der Waals surface area contributed by atoms with Gasteiger partial charge < -0.3 is 25.8 Å². The predicted molar refractivity (Wildman–Crippen MR) is 140 cm³/mol. The molecule has 2 aliphatic rings. The van der Waals surface area contributed by atoms with Gasteiger partial charge in [0.2, 0.25) is 0 Å². The van der Waals surface area contributed by atoms with Gasteiger partial charge in [0, 0.05) is 31.8 Å². The Bertz CT molecular complexity index is 1390. The molecule has 5 rings (SSSR count). The lowest BCUT2D eigenvalue weighted by molar-refractivity contribution is 0.102. The van der Waals surface area contributed by atoms with Crippen molar-refractivity contribution in [1.82, 2.24) is 9.97 Å². The van der Waals surface area contributed by atoms with Crippen LogP contribution in [0.25, 0.3) is 11.3 Å². The normalized spacial score (nSPS) is 20.7. The maximum atomic E-state index is 14.8. The number of nitrogens with two attached hydrogens (primary N) is 1. The van der Waals surface area contributed by atoms with E-state index in [1.807, 2.05) is 0 Å². The first-order valence-electron chi connectivity index (χ1n) is 12.8. The number of hydrogen-bond donors (Lipinski definition) is 3. The number of hydrogen-bond acceptors (Lipinski definition) is 7. The fraction of sp³-hybridized carbons (Fsp3) is 0.393. The molecule has 3 unspecified atom stereocenters. The second-order valence-corrected chi connectivity index (χ2v) is 10.3. The van der Waals surface area contributed by atoms with Crippen LogP contribution in [0.5, 0.6) is 0 Å². The zero-order valence-corrected chi connectivity index (χ0v) is 21.7. The van der Waals surface area contributed by atoms with Crippen LogP contribution >= 0.6 is 0 Å². The van der Waals surface area contributed by atoms with Crippen LogP contribution in [0.4, 0.5) is 24.5 Å². The molecule has 3 aromatic rings. The Hall–Kier alpha value is -3.54. The van der Waals surface area contributed by atoms with E-state index in [1.165, 1.54) is 13.3 Å². The third-order valence-electron chi connectivity index (χ3n) is 7.15. The maximum Gasteiger partial charge on any atom is 0.274 e. The fourth-order valence-electron chi connectivity index (χ4n) is 5.58. The molecule has 1 aliphatic heterocycles. The number of aliphatic hydroxyl groups excluding tert-OH is 1. The molecule has 1 saturated heterocycles. The van der Waals surface area contributed by atoms with Crippen molar-refractivity contribution in [2.75, 3.05) is 30.4 Å². The Morgan fingerprint density at radius 1 is 1.21 bits per heavy atom. The van der Waals surface area contributed by atoms with Crippen LogP contribution < -0.4 is 16.0 Å². The van der Waals surface area contributed by atoms with Crippen LogP contribution in [0.15, 0.2) is 30.5 Å². The average molecular weight is 542 g/mol. The summed E-state index contributed by atoms with van der Waals surface area (Å²) >= 11 is 0. The molecule has 8 nitrogen and oxygen atoms in total. The largest absolute Gasteiger partial charge is 0.387 e. The van der Waals surface area contributed by atoms with Crippen LogP contribution in [-0.4, -0.2) is 47.2 Å². The van der Waals surface area contributed by atoms with E-state index in [0.29, 0.717) is 43.2 Å². The lowest BCUT2D eigenvalue weighted by atomic mass is 9.95. The van der Waals surface area contributed by atoms with Crippen molar-refractivity contribution in [3.8, 4) is 11.3 Å². The summed E-state index contributed by atoms with van der Waals surface area (Å²) in [7, 11) is 1.39. The van der Waals surface area contributed by atoms with E-state index in [2.05, 4.69) is 27.1 Å². The molecular formula is C28H30F3N5O3. The molecule has 4 N–H and O–H groups in total. The van der Waals surface area contributed by atoms with E-state index in [-0.39, 0.29) is 23.9 Å². The quantitative estimate of drug-likeness (QED) is 0.430. The van der Waals surface area contributed by atoms with Crippen LogP contribution in [-0.2, 0) is 17.8 Å². The maximum absolute atomic E-state index is 14.8. The second-order valence-electron chi connectivity index (χ2n) is 10.3. The standard InChI is InChI=1S/C28H30F3N5O3/c1-14-7-16(32)12-36(11-14)27-17-3-6-23(37)25(17)33-10-22(27)35-28(38)21-5-4-18(29)26(34-21)24-19(30)8-15(13-39-2)9-20(24)31/h4-5,8-10,14,16,23,37H,3,6-7,11-13,32H2,1-2H3,(H,35,38). The lowest BCUT2D eigenvalue weighted by Gasteiger charge is -2.38. The Balaban J connectivity index is 1.50. The van der Waals surface area contributed by atoms with Gasteiger partial charge in [-0.25, -0.2) is 18.2 Å². The Kier molecular flexibility index (Phi) is 7.57. The molecule has 2 aromatic heterocycles. The van der Waals surface area contributed by atoms with Crippen molar-refractivity contribution in [2.45, 2.75) is 44.9 Å². The summed E-state index contributed by atoms with van der Waals surface area (Å²) in [5.74, 6) is -3.41. The minimum Gasteiger partial charge on any atom is -0.387 e. The number of nitrogens with zero attached hydrogens (tertiary/aromatic N) is 3. The van der Waals surface area contributed by atoms with E-state index < -0.39 is 40.7 Å². The zero-order chi connectivity index (χ0) is 27.8. The molecule has 206 valence electrons. The highest BCUT2D eigenvalue weighted by Gasteiger charge is 2.32. The van der Waals surface area contributed by atoms with E-state index >= 15 is 0 Å². The summed E-state index contributed by atoms with van der Waals surface area (Å²) in [6, 6.07) is 4.11. The molecule has 1 aromatic carbocycles. The lowest BCUT2D eigenvalue weighted by Crippen LogP contribution is -2.47. The van der Waals surface area contributed by atoms with Crippen LogP contribution in [0.3, 0.4) is 0 Å². The molecule has 11 heteroatoms. The number of piperidine rings is 1. The number of carbonyl (C=O) groups is 1. The van der Waals surface area contributed by atoms with Gasteiger partial charge in [-0.15, -0.1) is 0 Å². The predicted octanol–water partition coefficient (Wildman–Crippen LogP) is 4.11. The number of ether oxygens (including phenoxy) is 1. The van der Waals surface area contributed by atoms with Crippen LogP contribution in [0.1, 0.15) is 53.2 Å². The van der Waals surface area contributed by atoms with Gasteiger partial charge in [-0.3, -0.25) is 9.78 Å². The number of benzene rings is 1. The molecule has 39 heavy (non-hydrogen) atoms. The number of amides is 1. The first kappa shape index (κ1) is 27.0. The number of aliphatic hydroxyl groups is 1. The fourth-order valence-corrected chi connectivity index (χ4v) is 5.58. The molecule has 0 bridgehead atoms. The minimum absolute atomic E-state index is 0.0264. The molecule has 1 aliphatic carbocycles. The third-order valence-corrected chi connectivity index (χ3v) is 7.15.